The molecule has 1 atom stereocenters. The normalized spacial score (nSPS) is 12.1. The summed E-state index contributed by atoms with van der Waals surface area (Å²) in [7, 11) is 0.433. The van der Waals surface area contributed by atoms with Crippen LogP contribution in [-0.2, 0) is 16.6 Å². The molecule has 19 heavy (non-hydrogen) atoms. The summed E-state index contributed by atoms with van der Waals surface area (Å²) >= 11 is 3.46. The van der Waals surface area contributed by atoms with Gasteiger partial charge in [-0.05, 0) is 35.9 Å². The van der Waals surface area contributed by atoms with E-state index < -0.39 is 10.8 Å². The van der Waals surface area contributed by atoms with E-state index in [-0.39, 0.29) is 0 Å². The predicted octanol–water partition coefficient (Wildman–Crippen LogP) is 3.35. The van der Waals surface area contributed by atoms with Crippen molar-refractivity contribution in [1.29, 1.82) is 0 Å². The first-order chi connectivity index (χ1) is 9.11. The number of para-hydroxylation sites is 1. The van der Waals surface area contributed by atoms with Crippen molar-refractivity contribution >= 4 is 32.4 Å². The molecule has 0 radical (unpaired) electrons. The van der Waals surface area contributed by atoms with Gasteiger partial charge in [0.25, 0.3) is 0 Å². The smallest absolute Gasteiger partial charge is 0.119 e. The van der Waals surface area contributed by atoms with Crippen molar-refractivity contribution in [2.75, 3.05) is 12.8 Å². The molecule has 0 fully saturated rings. The second-order valence-corrected chi connectivity index (χ2v) is 6.26. The van der Waals surface area contributed by atoms with Crippen molar-refractivity contribution in [1.82, 2.24) is 0 Å². The average molecular weight is 340 g/mol. The molecule has 5 heteroatoms. The number of nitrogens with two attached hydrogens (primary N) is 1. The fourth-order valence-electron chi connectivity index (χ4n) is 1.70. The molecule has 0 amide bonds. The third kappa shape index (κ3) is 3.36. The lowest BCUT2D eigenvalue weighted by atomic mass is 10.2. The molecule has 2 N–H and O–H groups in total. The van der Waals surface area contributed by atoms with Crippen molar-refractivity contribution in [3.05, 3.63) is 52.5 Å². The number of nitrogen functional groups attached to an aromatic ring is 1. The van der Waals surface area contributed by atoms with Gasteiger partial charge in [-0.1, -0.05) is 28.1 Å². The van der Waals surface area contributed by atoms with E-state index in [0.717, 1.165) is 15.8 Å². The lowest BCUT2D eigenvalue weighted by Crippen LogP contribution is -2.01. The standard InChI is InChI=1S/C14H14BrNO2S/c1-18-11-6-7-12(15)10(8-11)9-19(17)14-5-3-2-4-13(14)16/h2-8H,9,16H2,1H3. The molecule has 0 aliphatic rings. The van der Waals surface area contributed by atoms with Crippen LogP contribution in [0.5, 0.6) is 5.75 Å². The van der Waals surface area contributed by atoms with Crippen molar-refractivity contribution in [3.8, 4) is 5.75 Å². The second-order valence-electron chi connectivity index (χ2n) is 3.99. The van der Waals surface area contributed by atoms with Crippen LogP contribution >= 0.6 is 15.9 Å². The maximum absolute atomic E-state index is 12.4. The highest BCUT2D eigenvalue weighted by atomic mass is 79.9. The molecule has 1 unspecified atom stereocenters. The minimum Gasteiger partial charge on any atom is -0.497 e. The van der Waals surface area contributed by atoms with E-state index in [1.54, 1.807) is 19.2 Å². The molecule has 0 aliphatic carbocycles. The van der Waals surface area contributed by atoms with Gasteiger partial charge in [-0.2, -0.15) is 0 Å². The lowest BCUT2D eigenvalue weighted by Gasteiger charge is -2.09. The zero-order chi connectivity index (χ0) is 13.8. The van der Waals surface area contributed by atoms with Crippen molar-refractivity contribution in [2.45, 2.75) is 10.6 Å². The summed E-state index contributed by atoms with van der Waals surface area (Å²) in [6.45, 7) is 0. The minimum atomic E-state index is -1.18. The number of hydrogen-bond donors (Lipinski definition) is 1. The summed E-state index contributed by atoms with van der Waals surface area (Å²) in [4.78, 5) is 0.664. The Labute approximate surface area is 123 Å². The van der Waals surface area contributed by atoms with Gasteiger partial charge in [0.2, 0.25) is 0 Å². The van der Waals surface area contributed by atoms with Crippen LogP contribution in [0.4, 0.5) is 5.69 Å². The van der Waals surface area contributed by atoms with Crippen molar-refractivity contribution in [3.63, 3.8) is 0 Å². The maximum atomic E-state index is 12.4. The Bertz CT molecular complexity index is 616. The molecular formula is C14H14BrNO2S. The number of hydrogen-bond acceptors (Lipinski definition) is 3. The Hall–Kier alpha value is -1.33. The number of rotatable bonds is 4. The van der Waals surface area contributed by atoms with Crippen molar-refractivity contribution < 1.29 is 8.95 Å². The molecule has 0 saturated heterocycles. The fourth-order valence-corrected chi connectivity index (χ4v) is 3.51. The molecule has 3 nitrogen and oxygen atoms in total. The van der Waals surface area contributed by atoms with Gasteiger partial charge in [-0.25, -0.2) is 0 Å². The number of methoxy groups -OCH3 is 1. The highest BCUT2D eigenvalue weighted by Crippen LogP contribution is 2.26. The van der Waals surface area contributed by atoms with E-state index in [0.29, 0.717) is 16.3 Å². The first-order valence-electron chi connectivity index (χ1n) is 5.67. The van der Waals surface area contributed by atoms with Crippen LogP contribution in [0.3, 0.4) is 0 Å². The van der Waals surface area contributed by atoms with E-state index in [9.17, 15) is 4.21 Å². The molecule has 0 heterocycles. The largest absolute Gasteiger partial charge is 0.497 e. The van der Waals surface area contributed by atoms with Crippen LogP contribution in [0.1, 0.15) is 5.56 Å². The molecule has 0 bridgehead atoms. The van der Waals surface area contributed by atoms with Crippen molar-refractivity contribution in [2.24, 2.45) is 0 Å². The quantitative estimate of drug-likeness (QED) is 0.869. The van der Waals surface area contributed by atoms with Crippen LogP contribution in [0.15, 0.2) is 51.8 Å². The topological polar surface area (TPSA) is 52.3 Å². The molecule has 0 saturated carbocycles. The molecular weight excluding hydrogens is 326 g/mol. The van der Waals surface area contributed by atoms with Crippen LogP contribution < -0.4 is 10.5 Å². The third-order valence-corrected chi connectivity index (χ3v) is 4.91. The third-order valence-electron chi connectivity index (χ3n) is 2.70. The fraction of sp³-hybridized carbons (Fsp3) is 0.143. The van der Waals surface area contributed by atoms with Gasteiger partial charge in [0.15, 0.2) is 0 Å². The Balaban J connectivity index is 2.26. The molecule has 100 valence electrons. The van der Waals surface area contributed by atoms with Crippen LogP contribution in [0.2, 0.25) is 0 Å². The predicted molar refractivity (Wildman–Crippen MR) is 81.7 cm³/mol. The molecule has 2 aromatic rings. The molecule has 0 aromatic heterocycles. The van der Waals surface area contributed by atoms with Gasteiger partial charge < -0.3 is 10.5 Å². The van der Waals surface area contributed by atoms with Gasteiger partial charge in [0.1, 0.15) is 5.75 Å². The van der Waals surface area contributed by atoms with Crippen LogP contribution in [0, 0.1) is 0 Å². The highest BCUT2D eigenvalue weighted by Gasteiger charge is 2.11. The first-order valence-corrected chi connectivity index (χ1v) is 7.78. The number of ether oxygens (including phenoxy) is 1. The van der Waals surface area contributed by atoms with E-state index in [1.165, 1.54) is 0 Å². The van der Waals surface area contributed by atoms with E-state index in [1.807, 2.05) is 30.3 Å². The Kier molecular flexibility index (Phi) is 4.61. The monoisotopic (exact) mass is 339 g/mol. The molecule has 2 rings (SSSR count). The maximum Gasteiger partial charge on any atom is 0.119 e. The van der Waals surface area contributed by atoms with Gasteiger partial charge >= 0.3 is 0 Å². The van der Waals surface area contributed by atoms with E-state index >= 15 is 0 Å². The summed E-state index contributed by atoms with van der Waals surface area (Å²) in [5.41, 5.74) is 7.33. The lowest BCUT2D eigenvalue weighted by molar-refractivity contribution is 0.414. The van der Waals surface area contributed by atoms with Crippen LogP contribution in [0.25, 0.3) is 0 Å². The summed E-state index contributed by atoms with van der Waals surface area (Å²) in [6.07, 6.45) is 0. The van der Waals surface area contributed by atoms with Crippen LogP contribution in [-0.4, -0.2) is 11.3 Å². The van der Waals surface area contributed by atoms with Gasteiger partial charge in [0, 0.05) is 10.2 Å². The zero-order valence-corrected chi connectivity index (χ0v) is 12.8. The Morgan fingerprint density at radius 1 is 1.26 bits per heavy atom. The number of halogens is 1. The molecule has 0 spiro atoms. The van der Waals surface area contributed by atoms with E-state index in [4.69, 9.17) is 10.5 Å². The first kappa shape index (κ1) is 14.1. The number of benzene rings is 2. The Morgan fingerprint density at radius 2 is 2.00 bits per heavy atom. The highest BCUT2D eigenvalue weighted by molar-refractivity contribution is 9.10. The molecule has 0 aliphatic heterocycles. The SMILES string of the molecule is COc1ccc(Br)c(CS(=O)c2ccccc2N)c1. The zero-order valence-electron chi connectivity index (χ0n) is 10.4. The summed E-state index contributed by atoms with van der Waals surface area (Å²) in [5.74, 6) is 1.14. The Morgan fingerprint density at radius 3 is 2.68 bits per heavy atom. The second kappa shape index (κ2) is 6.21. The van der Waals surface area contributed by atoms with Gasteiger partial charge in [0.05, 0.1) is 28.6 Å². The van der Waals surface area contributed by atoms with E-state index in [2.05, 4.69) is 15.9 Å². The van der Waals surface area contributed by atoms with Gasteiger partial charge in [-0.3, -0.25) is 4.21 Å². The average Bonchev–Trinajstić information content (AvgIpc) is 2.41. The summed E-state index contributed by atoms with van der Waals surface area (Å²) < 4.78 is 18.4. The van der Waals surface area contributed by atoms with Gasteiger partial charge in [-0.15, -0.1) is 0 Å². The minimum absolute atomic E-state index is 0.395. The molecule has 2 aromatic carbocycles. The summed E-state index contributed by atoms with van der Waals surface area (Å²) in [5, 5.41) is 0. The number of anilines is 1. The summed E-state index contributed by atoms with van der Waals surface area (Å²) in [6, 6.07) is 12.8.